The molecule has 0 saturated carbocycles. The Bertz CT molecular complexity index is 929. The highest BCUT2D eigenvalue weighted by atomic mass is 19.1. The summed E-state index contributed by atoms with van der Waals surface area (Å²) in [6, 6.07) is 11.1. The molecule has 0 aromatic heterocycles. The maximum Gasteiger partial charge on any atom is 0.123 e. The molecule has 1 saturated heterocycles. The molecule has 1 aliphatic carbocycles. The van der Waals surface area contributed by atoms with Crippen LogP contribution < -0.4 is 5.32 Å². The van der Waals surface area contributed by atoms with Gasteiger partial charge in [-0.25, -0.2) is 4.39 Å². The van der Waals surface area contributed by atoms with Crippen molar-refractivity contribution in [1.29, 1.82) is 0 Å². The van der Waals surface area contributed by atoms with Crippen molar-refractivity contribution in [2.75, 3.05) is 26.2 Å². The lowest BCUT2D eigenvalue weighted by Gasteiger charge is -2.45. The highest BCUT2D eigenvalue weighted by molar-refractivity contribution is 5.64. The first kappa shape index (κ1) is 20.9. The molecule has 1 aliphatic heterocycles. The summed E-state index contributed by atoms with van der Waals surface area (Å²) in [5.41, 5.74) is 5.24. The van der Waals surface area contributed by atoms with Crippen LogP contribution in [0.1, 0.15) is 61.3 Å². The lowest BCUT2D eigenvalue weighted by Crippen LogP contribution is -2.41. The number of rotatable bonds is 5. The van der Waals surface area contributed by atoms with E-state index in [1.807, 2.05) is 18.2 Å². The van der Waals surface area contributed by atoms with Crippen LogP contribution in [-0.4, -0.2) is 36.2 Å². The van der Waals surface area contributed by atoms with Crippen molar-refractivity contribution in [1.82, 2.24) is 10.2 Å². The second-order valence-electron chi connectivity index (χ2n) is 8.92. The number of phenols is 1. The Morgan fingerprint density at radius 2 is 1.87 bits per heavy atom. The van der Waals surface area contributed by atoms with Crippen LogP contribution in [0.5, 0.6) is 5.75 Å². The number of hydrogen-bond acceptors (Lipinski definition) is 3. The van der Waals surface area contributed by atoms with Gasteiger partial charge < -0.3 is 15.3 Å². The van der Waals surface area contributed by atoms with Crippen molar-refractivity contribution in [3.8, 4) is 5.75 Å². The van der Waals surface area contributed by atoms with Crippen LogP contribution in [0.25, 0.3) is 5.70 Å². The van der Waals surface area contributed by atoms with E-state index in [-0.39, 0.29) is 22.9 Å². The third kappa shape index (κ3) is 3.85. The first-order chi connectivity index (χ1) is 14.5. The number of benzene rings is 2. The molecule has 30 heavy (non-hydrogen) atoms. The van der Waals surface area contributed by atoms with Gasteiger partial charge in [-0.15, -0.1) is 0 Å². The van der Waals surface area contributed by atoms with E-state index >= 15 is 0 Å². The molecular weight excluding hydrogens is 375 g/mol. The average Bonchev–Trinajstić information content (AvgIpc) is 2.75. The second kappa shape index (κ2) is 8.43. The van der Waals surface area contributed by atoms with Gasteiger partial charge in [0.1, 0.15) is 11.6 Å². The van der Waals surface area contributed by atoms with Gasteiger partial charge >= 0.3 is 0 Å². The molecule has 1 heterocycles. The predicted octanol–water partition coefficient (Wildman–Crippen LogP) is 5.29. The SMILES string of the molecule is C=C(c1ccc(C2CC3(CCNCC3)Cc3ccc(F)cc32)c(O)c1)N(CC)CC. The van der Waals surface area contributed by atoms with E-state index in [0.717, 1.165) is 74.2 Å². The molecular formula is C26H33FN2O. The lowest BCUT2D eigenvalue weighted by atomic mass is 9.61. The molecule has 0 radical (unpaired) electrons. The Labute approximate surface area is 179 Å². The molecule has 1 fully saturated rings. The zero-order chi connectivity index (χ0) is 21.3. The maximum atomic E-state index is 14.2. The topological polar surface area (TPSA) is 35.5 Å². The number of nitrogens with one attached hydrogen (secondary N) is 1. The molecule has 4 heteroatoms. The van der Waals surface area contributed by atoms with E-state index in [1.165, 1.54) is 5.56 Å². The number of nitrogens with zero attached hydrogens (tertiary/aromatic N) is 1. The normalized spacial score (nSPS) is 20.0. The zero-order valence-corrected chi connectivity index (χ0v) is 18.2. The van der Waals surface area contributed by atoms with Crippen LogP contribution in [0.15, 0.2) is 43.0 Å². The van der Waals surface area contributed by atoms with Gasteiger partial charge in [-0.05, 0) is 87.4 Å². The summed E-state index contributed by atoms with van der Waals surface area (Å²) >= 11 is 0. The lowest BCUT2D eigenvalue weighted by molar-refractivity contribution is 0.163. The molecule has 1 unspecified atom stereocenters. The predicted molar refractivity (Wildman–Crippen MR) is 121 cm³/mol. The van der Waals surface area contributed by atoms with Gasteiger partial charge in [-0.1, -0.05) is 24.8 Å². The minimum Gasteiger partial charge on any atom is -0.508 e. The smallest absolute Gasteiger partial charge is 0.123 e. The third-order valence-corrected chi connectivity index (χ3v) is 7.23. The third-order valence-electron chi connectivity index (χ3n) is 7.23. The number of aromatic hydroxyl groups is 1. The molecule has 0 amide bonds. The number of halogens is 1. The number of piperidine rings is 1. The maximum absolute atomic E-state index is 14.2. The van der Waals surface area contributed by atoms with Crippen molar-refractivity contribution in [2.45, 2.75) is 45.4 Å². The summed E-state index contributed by atoms with van der Waals surface area (Å²) in [4.78, 5) is 2.18. The van der Waals surface area contributed by atoms with Crippen molar-refractivity contribution >= 4 is 5.70 Å². The Kier molecular flexibility index (Phi) is 5.88. The summed E-state index contributed by atoms with van der Waals surface area (Å²) in [7, 11) is 0. The molecule has 1 atom stereocenters. The van der Waals surface area contributed by atoms with Gasteiger partial charge in [0, 0.05) is 35.8 Å². The Morgan fingerprint density at radius 3 is 2.53 bits per heavy atom. The van der Waals surface area contributed by atoms with Crippen LogP contribution >= 0.6 is 0 Å². The monoisotopic (exact) mass is 408 g/mol. The second-order valence-corrected chi connectivity index (χ2v) is 8.92. The van der Waals surface area contributed by atoms with Crippen LogP contribution in [0, 0.1) is 11.2 Å². The van der Waals surface area contributed by atoms with E-state index in [9.17, 15) is 9.50 Å². The van der Waals surface area contributed by atoms with Gasteiger partial charge in [0.25, 0.3) is 0 Å². The molecule has 2 aromatic rings. The van der Waals surface area contributed by atoms with E-state index in [4.69, 9.17) is 0 Å². The van der Waals surface area contributed by atoms with E-state index in [0.29, 0.717) is 0 Å². The highest BCUT2D eigenvalue weighted by Crippen LogP contribution is 2.51. The quantitative estimate of drug-likeness (QED) is 0.705. The van der Waals surface area contributed by atoms with E-state index < -0.39 is 0 Å². The fraction of sp³-hybridized carbons (Fsp3) is 0.462. The van der Waals surface area contributed by atoms with Crippen molar-refractivity contribution in [3.05, 3.63) is 71.0 Å². The van der Waals surface area contributed by atoms with Crippen LogP contribution in [-0.2, 0) is 6.42 Å². The number of fused-ring (bicyclic) bond motifs is 1. The van der Waals surface area contributed by atoms with Crippen molar-refractivity contribution < 1.29 is 9.50 Å². The summed E-state index contributed by atoms with van der Waals surface area (Å²) in [6.07, 6.45) is 4.20. The summed E-state index contributed by atoms with van der Waals surface area (Å²) < 4.78 is 14.2. The minimum absolute atomic E-state index is 0.0123. The van der Waals surface area contributed by atoms with Crippen LogP contribution in [0.2, 0.25) is 0 Å². The summed E-state index contributed by atoms with van der Waals surface area (Å²) in [5.74, 6) is 0.0938. The Morgan fingerprint density at radius 1 is 1.13 bits per heavy atom. The largest absolute Gasteiger partial charge is 0.508 e. The highest BCUT2D eigenvalue weighted by Gasteiger charge is 2.41. The van der Waals surface area contributed by atoms with E-state index in [1.54, 1.807) is 12.1 Å². The molecule has 4 rings (SSSR count). The van der Waals surface area contributed by atoms with Gasteiger partial charge in [0.05, 0.1) is 0 Å². The molecule has 3 nitrogen and oxygen atoms in total. The first-order valence-electron chi connectivity index (χ1n) is 11.2. The van der Waals surface area contributed by atoms with E-state index in [2.05, 4.69) is 36.7 Å². The molecule has 0 bridgehead atoms. The summed E-state index contributed by atoms with van der Waals surface area (Å²) in [5, 5.41) is 14.5. The van der Waals surface area contributed by atoms with Gasteiger partial charge in [-0.2, -0.15) is 0 Å². The van der Waals surface area contributed by atoms with Crippen molar-refractivity contribution in [3.63, 3.8) is 0 Å². The molecule has 2 aromatic carbocycles. The standard InChI is InChI=1S/C26H33FN2O/c1-4-29(5-2)18(3)19-7-9-22(25(30)14-19)24-17-26(10-12-28-13-11-26)16-20-6-8-21(27)15-23(20)24/h6-9,14-15,24,28,30H,3-5,10-13,16-17H2,1-2H3. The van der Waals surface area contributed by atoms with Crippen LogP contribution in [0.3, 0.4) is 0 Å². The molecule has 160 valence electrons. The van der Waals surface area contributed by atoms with Gasteiger partial charge in [0.15, 0.2) is 0 Å². The average molecular weight is 409 g/mol. The van der Waals surface area contributed by atoms with Gasteiger partial charge in [0.2, 0.25) is 0 Å². The number of hydrogen-bond donors (Lipinski definition) is 2. The van der Waals surface area contributed by atoms with Crippen molar-refractivity contribution in [2.24, 2.45) is 5.41 Å². The first-order valence-corrected chi connectivity index (χ1v) is 11.2. The molecule has 2 N–H and O–H groups in total. The van der Waals surface area contributed by atoms with Gasteiger partial charge in [-0.3, -0.25) is 0 Å². The Balaban J connectivity index is 1.73. The Hall–Kier alpha value is -2.33. The zero-order valence-electron chi connectivity index (χ0n) is 18.2. The fourth-order valence-electron chi connectivity index (χ4n) is 5.49. The fourth-order valence-corrected chi connectivity index (χ4v) is 5.49. The summed E-state index contributed by atoms with van der Waals surface area (Å²) in [6.45, 7) is 12.2. The number of phenolic OH excluding ortho intramolecular Hbond substituents is 1. The molecule has 1 spiro atoms. The molecule has 2 aliphatic rings. The van der Waals surface area contributed by atoms with Crippen LogP contribution in [0.4, 0.5) is 4.39 Å². The minimum atomic E-state index is -0.203.